The fourth-order valence-electron chi connectivity index (χ4n) is 3.77. The third-order valence-electron chi connectivity index (χ3n) is 5.32. The third-order valence-corrected chi connectivity index (χ3v) is 6.41. The quantitative estimate of drug-likeness (QED) is 0.577. The summed E-state index contributed by atoms with van der Waals surface area (Å²) in [4.78, 5) is 13.4. The van der Waals surface area contributed by atoms with Gasteiger partial charge in [-0.25, -0.2) is 9.97 Å². The van der Waals surface area contributed by atoms with Gasteiger partial charge in [-0.3, -0.25) is 0 Å². The van der Waals surface area contributed by atoms with Gasteiger partial charge in [-0.2, -0.15) is 5.26 Å². The lowest BCUT2D eigenvalue weighted by molar-refractivity contribution is 0.122. The molecule has 1 fully saturated rings. The molecule has 0 atom stereocenters. The Kier molecular flexibility index (Phi) is 6.11. The number of fused-ring (bicyclic) bond motifs is 1. The number of aryl methyl sites for hydroxylation is 1. The molecule has 3 aromatic rings. The lowest BCUT2D eigenvalue weighted by atomic mass is 10.1. The number of benzene rings is 1. The molecule has 3 heterocycles. The molecule has 1 aromatic carbocycles. The highest BCUT2D eigenvalue weighted by molar-refractivity contribution is 7.19. The molecule has 1 aliphatic rings. The van der Waals surface area contributed by atoms with E-state index in [1.807, 2.05) is 19.1 Å². The highest BCUT2D eigenvalue weighted by Gasteiger charge is 2.22. The first kappa shape index (κ1) is 21.2. The van der Waals surface area contributed by atoms with Gasteiger partial charge in [-0.15, -0.1) is 11.3 Å². The molecule has 0 unspecified atom stereocenters. The second-order valence-corrected chi connectivity index (χ2v) is 8.12. The van der Waals surface area contributed by atoms with Gasteiger partial charge in [0.25, 0.3) is 0 Å². The van der Waals surface area contributed by atoms with Crippen molar-refractivity contribution in [3.8, 4) is 23.3 Å². The van der Waals surface area contributed by atoms with E-state index in [0.717, 1.165) is 40.3 Å². The standard InChI is InChI=1S/C22H24N4O4S/c1-13-17(12-23)31-22-19(13)21(26-5-7-30-8-6-26)24-18(25-22)11-14-9-15(27-2)20(29-4)16(10-14)28-3/h9-10H,5-8,11H2,1-4H3. The van der Waals surface area contributed by atoms with Crippen LogP contribution in [0.4, 0.5) is 5.82 Å². The molecule has 0 bridgehead atoms. The van der Waals surface area contributed by atoms with E-state index in [1.165, 1.54) is 11.3 Å². The third kappa shape index (κ3) is 3.96. The number of rotatable bonds is 6. The molecule has 8 nitrogen and oxygen atoms in total. The van der Waals surface area contributed by atoms with Gasteiger partial charge in [0.2, 0.25) is 5.75 Å². The van der Waals surface area contributed by atoms with E-state index < -0.39 is 0 Å². The highest BCUT2D eigenvalue weighted by Crippen LogP contribution is 2.39. The minimum Gasteiger partial charge on any atom is -0.493 e. The number of hydrogen-bond acceptors (Lipinski definition) is 9. The number of thiophene rings is 1. The Hall–Kier alpha value is -3.09. The maximum atomic E-state index is 9.53. The van der Waals surface area contributed by atoms with E-state index >= 15 is 0 Å². The van der Waals surface area contributed by atoms with Crippen LogP contribution in [0.25, 0.3) is 10.2 Å². The zero-order chi connectivity index (χ0) is 22.0. The predicted molar refractivity (Wildman–Crippen MR) is 119 cm³/mol. The molecule has 0 spiro atoms. The van der Waals surface area contributed by atoms with Crippen molar-refractivity contribution < 1.29 is 18.9 Å². The Labute approximate surface area is 185 Å². The van der Waals surface area contributed by atoms with Crippen LogP contribution in [-0.4, -0.2) is 57.6 Å². The van der Waals surface area contributed by atoms with Gasteiger partial charge in [-0.05, 0) is 30.2 Å². The molecule has 2 aromatic heterocycles. The number of anilines is 1. The predicted octanol–water partition coefficient (Wildman–Crippen LogP) is 3.32. The minimum absolute atomic E-state index is 0.489. The second-order valence-electron chi connectivity index (χ2n) is 7.12. The molecule has 0 amide bonds. The first-order valence-corrected chi connectivity index (χ1v) is 10.7. The fraction of sp³-hybridized carbons (Fsp3) is 0.409. The Balaban J connectivity index is 1.81. The second kappa shape index (κ2) is 8.96. The van der Waals surface area contributed by atoms with Gasteiger partial charge in [-0.1, -0.05) is 0 Å². The number of hydrogen-bond donors (Lipinski definition) is 0. The first-order valence-electron chi connectivity index (χ1n) is 9.91. The number of aromatic nitrogens is 2. The zero-order valence-electron chi connectivity index (χ0n) is 18.0. The lowest BCUT2D eigenvalue weighted by Gasteiger charge is -2.28. The average Bonchev–Trinajstić information content (AvgIpc) is 3.13. The largest absolute Gasteiger partial charge is 0.493 e. The molecule has 1 saturated heterocycles. The molecule has 0 aliphatic carbocycles. The average molecular weight is 441 g/mol. The van der Waals surface area contributed by atoms with Gasteiger partial charge < -0.3 is 23.8 Å². The van der Waals surface area contributed by atoms with Crippen LogP contribution in [0.5, 0.6) is 17.2 Å². The van der Waals surface area contributed by atoms with Gasteiger partial charge in [0.15, 0.2) is 11.5 Å². The highest BCUT2D eigenvalue weighted by atomic mass is 32.1. The van der Waals surface area contributed by atoms with E-state index in [2.05, 4.69) is 11.0 Å². The summed E-state index contributed by atoms with van der Waals surface area (Å²) in [6, 6.07) is 6.10. The van der Waals surface area contributed by atoms with Gasteiger partial charge >= 0.3 is 0 Å². The van der Waals surface area contributed by atoms with Crippen molar-refractivity contribution in [2.45, 2.75) is 13.3 Å². The molecule has 162 valence electrons. The van der Waals surface area contributed by atoms with E-state index in [0.29, 0.717) is 47.6 Å². The minimum atomic E-state index is 0.489. The summed E-state index contributed by atoms with van der Waals surface area (Å²) in [5, 5.41) is 10.5. The van der Waals surface area contributed by atoms with Crippen LogP contribution in [0, 0.1) is 18.3 Å². The van der Waals surface area contributed by atoms with Crippen molar-refractivity contribution in [1.82, 2.24) is 9.97 Å². The molecule has 31 heavy (non-hydrogen) atoms. The Bertz CT molecular complexity index is 1120. The van der Waals surface area contributed by atoms with Crippen LogP contribution in [0.3, 0.4) is 0 Å². The summed E-state index contributed by atoms with van der Waals surface area (Å²) in [6.07, 6.45) is 0.489. The van der Waals surface area contributed by atoms with E-state index in [9.17, 15) is 5.26 Å². The number of morpholine rings is 1. The maximum Gasteiger partial charge on any atom is 0.203 e. The van der Waals surface area contributed by atoms with Crippen molar-refractivity contribution in [2.75, 3.05) is 52.5 Å². The number of nitrogens with zero attached hydrogens (tertiary/aromatic N) is 4. The molecular formula is C22H24N4O4S. The van der Waals surface area contributed by atoms with Crippen LogP contribution >= 0.6 is 11.3 Å². The van der Waals surface area contributed by atoms with Gasteiger partial charge in [0.05, 0.1) is 39.9 Å². The summed E-state index contributed by atoms with van der Waals surface area (Å²) in [5.74, 6) is 3.27. The van der Waals surface area contributed by atoms with Crippen molar-refractivity contribution in [1.29, 1.82) is 5.26 Å². The van der Waals surface area contributed by atoms with E-state index in [4.69, 9.17) is 28.9 Å². The molecule has 4 rings (SSSR count). The van der Waals surface area contributed by atoms with Crippen LogP contribution in [-0.2, 0) is 11.2 Å². The van der Waals surface area contributed by atoms with Crippen LogP contribution in [0.1, 0.15) is 21.8 Å². The Morgan fingerprint density at radius 2 is 1.77 bits per heavy atom. The first-order chi connectivity index (χ1) is 15.1. The number of ether oxygens (including phenoxy) is 4. The molecule has 0 N–H and O–H groups in total. The van der Waals surface area contributed by atoms with Gasteiger partial charge in [0, 0.05) is 19.5 Å². The van der Waals surface area contributed by atoms with Crippen LogP contribution in [0.15, 0.2) is 12.1 Å². The van der Waals surface area contributed by atoms with Crippen molar-refractivity contribution in [2.24, 2.45) is 0 Å². The summed E-state index contributed by atoms with van der Waals surface area (Å²) in [6.45, 7) is 4.79. The van der Waals surface area contributed by atoms with Crippen molar-refractivity contribution in [3.05, 3.63) is 34.0 Å². The zero-order valence-corrected chi connectivity index (χ0v) is 18.8. The summed E-state index contributed by atoms with van der Waals surface area (Å²) in [7, 11) is 4.77. The van der Waals surface area contributed by atoms with E-state index in [-0.39, 0.29) is 0 Å². The Morgan fingerprint density at radius 1 is 1.10 bits per heavy atom. The maximum absolute atomic E-state index is 9.53. The number of nitriles is 1. The summed E-state index contributed by atoms with van der Waals surface area (Å²) >= 11 is 1.41. The van der Waals surface area contributed by atoms with Crippen molar-refractivity contribution in [3.63, 3.8) is 0 Å². The monoisotopic (exact) mass is 440 g/mol. The van der Waals surface area contributed by atoms with Crippen molar-refractivity contribution >= 4 is 27.4 Å². The van der Waals surface area contributed by atoms with Crippen LogP contribution in [0.2, 0.25) is 0 Å². The van der Waals surface area contributed by atoms with E-state index in [1.54, 1.807) is 21.3 Å². The topological polar surface area (TPSA) is 89.7 Å². The summed E-state index contributed by atoms with van der Waals surface area (Å²) < 4.78 is 21.9. The van der Waals surface area contributed by atoms with Crippen LogP contribution < -0.4 is 19.1 Å². The molecule has 1 aliphatic heterocycles. The van der Waals surface area contributed by atoms with Gasteiger partial charge in [0.1, 0.15) is 27.4 Å². The lowest BCUT2D eigenvalue weighted by Crippen LogP contribution is -2.37. The molecular weight excluding hydrogens is 416 g/mol. The molecule has 9 heteroatoms. The summed E-state index contributed by atoms with van der Waals surface area (Å²) in [5.41, 5.74) is 1.87. The number of methoxy groups -OCH3 is 3. The molecule has 0 saturated carbocycles. The smallest absolute Gasteiger partial charge is 0.203 e. The fourth-order valence-corrected chi connectivity index (χ4v) is 4.76. The normalized spacial score (nSPS) is 13.8. The molecule has 0 radical (unpaired) electrons. The SMILES string of the molecule is COc1cc(Cc2nc(N3CCOCC3)c3c(C)c(C#N)sc3n2)cc(OC)c1OC. The Morgan fingerprint density at radius 3 is 2.35 bits per heavy atom.